The summed E-state index contributed by atoms with van der Waals surface area (Å²) in [6.07, 6.45) is -0.979. The second kappa shape index (κ2) is 10.6. The Morgan fingerprint density at radius 1 is 1.07 bits per heavy atom. The van der Waals surface area contributed by atoms with Crippen LogP contribution in [0.2, 0.25) is 0 Å². The number of nitriles is 1. The van der Waals surface area contributed by atoms with Crippen LogP contribution in [-0.2, 0) is 20.9 Å². The van der Waals surface area contributed by atoms with Gasteiger partial charge in [-0.3, -0.25) is 4.79 Å². The highest BCUT2D eigenvalue weighted by Crippen LogP contribution is 2.27. The summed E-state index contributed by atoms with van der Waals surface area (Å²) in [6, 6.07) is 13.6. The van der Waals surface area contributed by atoms with E-state index in [1.165, 1.54) is 14.0 Å². The van der Waals surface area contributed by atoms with Gasteiger partial charge in [0.2, 0.25) is 0 Å². The lowest BCUT2D eigenvalue weighted by atomic mass is 10.2. The van der Waals surface area contributed by atoms with Crippen LogP contribution in [0.4, 0.5) is 0 Å². The summed E-state index contributed by atoms with van der Waals surface area (Å²) in [7, 11) is 3.07. The van der Waals surface area contributed by atoms with Gasteiger partial charge in [-0.25, -0.2) is 4.79 Å². The van der Waals surface area contributed by atoms with Gasteiger partial charge >= 0.3 is 5.97 Å². The minimum Gasteiger partial charge on any atom is -0.493 e. The number of amides is 1. The molecule has 29 heavy (non-hydrogen) atoms. The first-order valence-corrected chi connectivity index (χ1v) is 8.78. The first-order chi connectivity index (χ1) is 14.0. The van der Waals surface area contributed by atoms with Crippen LogP contribution in [0, 0.1) is 11.3 Å². The second-order valence-corrected chi connectivity index (χ2v) is 5.96. The lowest BCUT2D eigenvalue weighted by Gasteiger charge is -2.14. The molecule has 0 fully saturated rings. The maximum atomic E-state index is 12.2. The Bertz CT molecular complexity index is 889. The summed E-state index contributed by atoms with van der Waals surface area (Å²) in [6.45, 7) is 1.37. The number of hydrogen-bond donors (Lipinski definition) is 1. The first-order valence-electron chi connectivity index (χ1n) is 8.78. The third kappa shape index (κ3) is 6.43. The number of esters is 1. The topological polar surface area (TPSA) is 107 Å². The molecule has 0 saturated carbocycles. The van der Waals surface area contributed by atoms with Crippen molar-refractivity contribution in [3.63, 3.8) is 0 Å². The highest BCUT2D eigenvalue weighted by molar-refractivity contribution is 5.83. The van der Waals surface area contributed by atoms with Crippen molar-refractivity contribution in [3.05, 3.63) is 53.6 Å². The molecule has 0 saturated heterocycles. The molecule has 8 nitrogen and oxygen atoms in total. The summed E-state index contributed by atoms with van der Waals surface area (Å²) in [4.78, 5) is 24.0. The van der Waals surface area contributed by atoms with E-state index in [1.54, 1.807) is 49.6 Å². The Balaban J connectivity index is 1.79. The van der Waals surface area contributed by atoms with E-state index in [0.29, 0.717) is 22.8 Å². The van der Waals surface area contributed by atoms with Crippen molar-refractivity contribution in [1.29, 1.82) is 5.26 Å². The molecule has 0 aliphatic heterocycles. The quantitative estimate of drug-likeness (QED) is 0.645. The van der Waals surface area contributed by atoms with E-state index in [4.69, 9.17) is 24.2 Å². The fourth-order valence-corrected chi connectivity index (χ4v) is 2.38. The largest absolute Gasteiger partial charge is 0.493 e. The fourth-order valence-electron chi connectivity index (χ4n) is 2.38. The lowest BCUT2D eigenvalue weighted by Crippen LogP contribution is -2.36. The molecule has 2 aromatic carbocycles. The highest BCUT2D eigenvalue weighted by atomic mass is 16.6. The van der Waals surface area contributed by atoms with Crippen molar-refractivity contribution < 1.29 is 28.5 Å². The van der Waals surface area contributed by atoms with Gasteiger partial charge in [0.05, 0.1) is 25.9 Å². The molecule has 1 amide bonds. The highest BCUT2D eigenvalue weighted by Gasteiger charge is 2.18. The van der Waals surface area contributed by atoms with Crippen LogP contribution in [0.5, 0.6) is 17.2 Å². The van der Waals surface area contributed by atoms with Crippen molar-refractivity contribution in [2.75, 3.05) is 20.8 Å². The number of methoxy groups -OCH3 is 2. The summed E-state index contributed by atoms with van der Waals surface area (Å²) >= 11 is 0. The summed E-state index contributed by atoms with van der Waals surface area (Å²) in [5.74, 6) is 0.451. The van der Waals surface area contributed by atoms with Crippen molar-refractivity contribution in [2.24, 2.45) is 0 Å². The number of carbonyl (C=O) groups excluding carboxylic acids is 2. The van der Waals surface area contributed by atoms with E-state index in [0.717, 1.165) is 5.56 Å². The normalized spacial score (nSPS) is 11.0. The van der Waals surface area contributed by atoms with Crippen LogP contribution < -0.4 is 19.5 Å². The number of nitrogens with zero attached hydrogens (tertiary/aromatic N) is 1. The van der Waals surface area contributed by atoms with Crippen LogP contribution in [0.15, 0.2) is 42.5 Å². The Kier molecular flexibility index (Phi) is 7.86. The molecule has 0 bridgehead atoms. The van der Waals surface area contributed by atoms with Gasteiger partial charge in [0.25, 0.3) is 5.91 Å². The Hall–Kier alpha value is -3.73. The Labute approximate surface area is 168 Å². The molecular formula is C21H22N2O6. The van der Waals surface area contributed by atoms with E-state index in [9.17, 15) is 9.59 Å². The molecule has 1 atom stereocenters. The first kappa shape index (κ1) is 21.6. The van der Waals surface area contributed by atoms with Crippen LogP contribution in [0.3, 0.4) is 0 Å². The monoisotopic (exact) mass is 398 g/mol. The number of carbonyl (C=O) groups is 2. The van der Waals surface area contributed by atoms with Crippen LogP contribution >= 0.6 is 0 Å². The summed E-state index contributed by atoms with van der Waals surface area (Å²) in [5.41, 5.74) is 1.29. The predicted octanol–water partition coefficient (Wildman–Crippen LogP) is 2.20. The lowest BCUT2D eigenvalue weighted by molar-refractivity contribution is -0.156. The zero-order valence-electron chi connectivity index (χ0n) is 16.4. The van der Waals surface area contributed by atoms with Crippen LogP contribution in [0.25, 0.3) is 0 Å². The van der Waals surface area contributed by atoms with Crippen molar-refractivity contribution in [3.8, 4) is 23.3 Å². The number of benzene rings is 2. The zero-order valence-corrected chi connectivity index (χ0v) is 16.4. The number of hydrogen-bond acceptors (Lipinski definition) is 7. The number of nitrogens with one attached hydrogen (secondary N) is 1. The molecule has 152 valence electrons. The molecule has 0 heterocycles. The van der Waals surface area contributed by atoms with E-state index >= 15 is 0 Å². The summed E-state index contributed by atoms with van der Waals surface area (Å²) < 4.78 is 20.8. The van der Waals surface area contributed by atoms with Crippen molar-refractivity contribution in [2.45, 2.75) is 19.6 Å². The molecule has 0 radical (unpaired) electrons. The molecule has 1 unspecified atom stereocenters. The van der Waals surface area contributed by atoms with Crippen molar-refractivity contribution >= 4 is 11.9 Å². The van der Waals surface area contributed by atoms with Crippen LogP contribution in [0.1, 0.15) is 18.1 Å². The summed E-state index contributed by atoms with van der Waals surface area (Å²) in [5, 5.41) is 11.4. The van der Waals surface area contributed by atoms with Gasteiger partial charge < -0.3 is 24.3 Å². The average Bonchev–Trinajstić information content (AvgIpc) is 2.75. The number of rotatable bonds is 9. The minimum atomic E-state index is -0.979. The van der Waals surface area contributed by atoms with E-state index in [-0.39, 0.29) is 13.2 Å². The van der Waals surface area contributed by atoms with E-state index in [2.05, 4.69) is 5.32 Å². The molecule has 2 rings (SSSR count). The molecule has 2 aromatic rings. The maximum Gasteiger partial charge on any atom is 0.344 e. The molecule has 0 aromatic heterocycles. The zero-order chi connectivity index (χ0) is 21.2. The van der Waals surface area contributed by atoms with Gasteiger partial charge in [0.1, 0.15) is 5.75 Å². The Morgan fingerprint density at radius 3 is 2.38 bits per heavy atom. The van der Waals surface area contributed by atoms with Gasteiger partial charge in [-0.15, -0.1) is 0 Å². The molecular weight excluding hydrogens is 376 g/mol. The number of ether oxygens (including phenoxy) is 4. The van der Waals surface area contributed by atoms with Gasteiger partial charge in [-0.1, -0.05) is 6.07 Å². The van der Waals surface area contributed by atoms with Gasteiger partial charge in [0.15, 0.2) is 24.2 Å². The predicted molar refractivity (Wildman–Crippen MR) is 104 cm³/mol. The van der Waals surface area contributed by atoms with Gasteiger partial charge in [0, 0.05) is 6.54 Å². The van der Waals surface area contributed by atoms with Gasteiger partial charge in [-0.2, -0.15) is 5.26 Å². The molecule has 8 heteroatoms. The minimum absolute atomic E-state index is 0.239. The SMILES string of the molecule is COc1ccc(CNC(=O)C(C)OC(=O)COc2ccc(C#N)cc2)cc1OC. The molecule has 1 N–H and O–H groups in total. The fraction of sp³-hybridized carbons (Fsp3) is 0.286. The van der Waals surface area contributed by atoms with E-state index in [1.807, 2.05) is 6.07 Å². The standard InChI is InChI=1S/C21H22N2O6/c1-14(29-20(24)13-28-17-7-4-15(11-22)5-8-17)21(25)23-12-16-6-9-18(26-2)19(10-16)27-3/h4-10,14H,12-13H2,1-3H3,(H,23,25). The molecule has 0 aliphatic carbocycles. The Morgan fingerprint density at radius 2 is 1.76 bits per heavy atom. The third-order valence-electron chi connectivity index (χ3n) is 3.93. The van der Waals surface area contributed by atoms with Gasteiger partial charge in [-0.05, 0) is 48.9 Å². The second-order valence-electron chi connectivity index (χ2n) is 5.96. The van der Waals surface area contributed by atoms with Crippen molar-refractivity contribution in [1.82, 2.24) is 5.32 Å². The van der Waals surface area contributed by atoms with E-state index < -0.39 is 18.0 Å². The average molecular weight is 398 g/mol. The van der Waals surface area contributed by atoms with Crippen LogP contribution in [-0.4, -0.2) is 38.8 Å². The molecule has 0 aliphatic rings. The smallest absolute Gasteiger partial charge is 0.344 e. The third-order valence-corrected chi connectivity index (χ3v) is 3.93. The molecule has 0 spiro atoms. The maximum absolute atomic E-state index is 12.2.